The van der Waals surface area contributed by atoms with E-state index >= 15 is 0 Å². The van der Waals surface area contributed by atoms with Crippen molar-refractivity contribution in [1.29, 1.82) is 0 Å². The number of carbonyl (C=O) groups is 1. The third-order valence-electron chi connectivity index (χ3n) is 2.45. The first kappa shape index (κ1) is 14.4. The van der Waals surface area contributed by atoms with Crippen LogP contribution in [0, 0.1) is 5.82 Å². The Morgan fingerprint density at radius 2 is 2.33 bits per heavy atom. The van der Waals surface area contributed by atoms with Crippen LogP contribution in [0.4, 0.5) is 4.39 Å². The van der Waals surface area contributed by atoms with Gasteiger partial charge in [-0.15, -0.1) is 0 Å². The number of hydrogen-bond acceptors (Lipinski definition) is 3. The molecular weight excluding hydrogens is 235 g/mol. The lowest BCUT2D eigenvalue weighted by molar-refractivity contribution is -0.121. The van der Waals surface area contributed by atoms with Gasteiger partial charge in [-0.25, -0.2) is 4.39 Å². The predicted octanol–water partition coefficient (Wildman–Crippen LogP) is 1.45. The zero-order valence-corrected chi connectivity index (χ0v) is 10.5. The van der Waals surface area contributed by atoms with Crippen molar-refractivity contribution in [2.45, 2.75) is 25.9 Å². The Kier molecular flexibility index (Phi) is 6.14. The molecule has 0 aromatic heterocycles. The molecule has 0 aliphatic heterocycles. The van der Waals surface area contributed by atoms with E-state index in [9.17, 15) is 9.18 Å². The lowest BCUT2D eigenvalue weighted by Crippen LogP contribution is -2.35. The molecule has 0 fully saturated rings. The zero-order valence-electron chi connectivity index (χ0n) is 10.5. The molecule has 0 aliphatic carbocycles. The average molecular weight is 254 g/mol. The average Bonchev–Trinajstić information content (AvgIpc) is 2.35. The maximum absolute atomic E-state index is 13.0. The summed E-state index contributed by atoms with van der Waals surface area (Å²) in [6, 6.07) is 5.96. The summed E-state index contributed by atoms with van der Waals surface area (Å²) in [5.41, 5.74) is 5.27. The third kappa shape index (κ3) is 5.14. The lowest BCUT2D eigenvalue weighted by atomic mass is 10.2. The molecule has 1 rings (SSSR count). The van der Waals surface area contributed by atoms with E-state index in [1.807, 2.05) is 6.92 Å². The second-order valence-electron chi connectivity index (χ2n) is 3.95. The number of hydrogen-bond donors (Lipinski definition) is 2. The number of halogens is 1. The van der Waals surface area contributed by atoms with Crippen molar-refractivity contribution in [2.75, 3.05) is 13.1 Å². The van der Waals surface area contributed by atoms with Gasteiger partial charge in [-0.2, -0.15) is 0 Å². The van der Waals surface area contributed by atoms with Crippen molar-refractivity contribution < 1.29 is 13.9 Å². The highest BCUT2D eigenvalue weighted by molar-refractivity contribution is 5.76. The Balaban J connectivity index is 2.44. The van der Waals surface area contributed by atoms with Gasteiger partial charge < -0.3 is 15.8 Å². The number of benzene rings is 1. The van der Waals surface area contributed by atoms with Crippen LogP contribution in [0.15, 0.2) is 24.3 Å². The van der Waals surface area contributed by atoms with Gasteiger partial charge in [0.2, 0.25) is 5.91 Å². The molecular formula is C13H19FN2O2. The van der Waals surface area contributed by atoms with Crippen molar-refractivity contribution in [3.05, 3.63) is 30.1 Å². The van der Waals surface area contributed by atoms with Gasteiger partial charge in [0.05, 0.1) is 6.54 Å². The highest BCUT2D eigenvalue weighted by atomic mass is 19.1. The largest absolute Gasteiger partial charge is 0.489 e. The van der Waals surface area contributed by atoms with Gasteiger partial charge in [-0.05, 0) is 18.6 Å². The normalized spacial score (nSPS) is 11.9. The highest BCUT2D eigenvalue weighted by Crippen LogP contribution is 2.14. The standard InChI is InChI=1S/C13H19FN2O2/c1-2-11(9-16-13(17)6-7-15)18-12-5-3-4-10(14)8-12/h3-5,8,11H,2,6-7,9,15H2,1H3,(H,16,17). The summed E-state index contributed by atoms with van der Waals surface area (Å²) in [6.45, 7) is 2.66. The van der Waals surface area contributed by atoms with Gasteiger partial charge in [0.1, 0.15) is 17.7 Å². The fraction of sp³-hybridized carbons (Fsp3) is 0.462. The summed E-state index contributed by atoms with van der Waals surface area (Å²) in [7, 11) is 0. The molecule has 0 heterocycles. The molecule has 1 atom stereocenters. The molecule has 0 bridgehead atoms. The SMILES string of the molecule is CCC(CNC(=O)CCN)Oc1cccc(F)c1. The molecule has 1 amide bonds. The van der Waals surface area contributed by atoms with Crippen molar-refractivity contribution in [1.82, 2.24) is 5.32 Å². The first-order valence-electron chi connectivity index (χ1n) is 6.04. The van der Waals surface area contributed by atoms with Crippen molar-refractivity contribution in [2.24, 2.45) is 5.73 Å². The van der Waals surface area contributed by atoms with Gasteiger partial charge in [0.15, 0.2) is 0 Å². The molecule has 0 saturated heterocycles. The molecule has 0 saturated carbocycles. The number of carbonyl (C=O) groups excluding carboxylic acids is 1. The molecule has 3 N–H and O–H groups in total. The predicted molar refractivity (Wildman–Crippen MR) is 67.8 cm³/mol. The van der Waals surface area contributed by atoms with E-state index in [0.717, 1.165) is 6.42 Å². The van der Waals surface area contributed by atoms with Crippen LogP contribution in [-0.2, 0) is 4.79 Å². The lowest BCUT2D eigenvalue weighted by Gasteiger charge is -2.18. The van der Waals surface area contributed by atoms with Crippen molar-refractivity contribution in [3.8, 4) is 5.75 Å². The second-order valence-corrected chi connectivity index (χ2v) is 3.95. The Labute approximate surface area is 106 Å². The van der Waals surface area contributed by atoms with Crippen LogP contribution in [0.5, 0.6) is 5.75 Å². The number of nitrogens with one attached hydrogen (secondary N) is 1. The minimum absolute atomic E-state index is 0.0983. The fourth-order valence-electron chi connectivity index (χ4n) is 1.45. The quantitative estimate of drug-likeness (QED) is 0.774. The van der Waals surface area contributed by atoms with Gasteiger partial charge >= 0.3 is 0 Å². The van der Waals surface area contributed by atoms with Crippen LogP contribution in [-0.4, -0.2) is 25.1 Å². The van der Waals surface area contributed by atoms with Gasteiger partial charge in [0, 0.05) is 19.0 Å². The van der Waals surface area contributed by atoms with Crippen LogP contribution in [0.2, 0.25) is 0 Å². The molecule has 0 radical (unpaired) electrons. The molecule has 100 valence electrons. The third-order valence-corrected chi connectivity index (χ3v) is 2.45. The highest BCUT2D eigenvalue weighted by Gasteiger charge is 2.10. The molecule has 1 unspecified atom stereocenters. The molecule has 0 aliphatic rings. The van der Waals surface area contributed by atoms with Gasteiger partial charge in [-0.1, -0.05) is 13.0 Å². The maximum atomic E-state index is 13.0. The van der Waals surface area contributed by atoms with Gasteiger partial charge in [-0.3, -0.25) is 4.79 Å². The first-order valence-corrected chi connectivity index (χ1v) is 6.04. The summed E-state index contributed by atoms with van der Waals surface area (Å²) in [5, 5.41) is 2.73. The van der Waals surface area contributed by atoms with Crippen molar-refractivity contribution >= 4 is 5.91 Å². The van der Waals surface area contributed by atoms with E-state index in [0.29, 0.717) is 25.3 Å². The molecule has 4 nitrogen and oxygen atoms in total. The summed E-state index contributed by atoms with van der Waals surface area (Å²) in [4.78, 5) is 11.3. The smallest absolute Gasteiger partial charge is 0.221 e. The minimum Gasteiger partial charge on any atom is -0.489 e. The van der Waals surface area contributed by atoms with Crippen LogP contribution in [0.1, 0.15) is 19.8 Å². The Morgan fingerprint density at radius 1 is 1.56 bits per heavy atom. The van der Waals surface area contributed by atoms with E-state index in [4.69, 9.17) is 10.5 Å². The fourth-order valence-corrected chi connectivity index (χ4v) is 1.45. The van der Waals surface area contributed by atoms with Crippen LogP contribution in [0.3, 0.4) is 0 Å². The molecule has 5 heteroatoms. The molecule has 1 aromatic carbocycles. The van der Waals surface area contributed by atoms with Crippen LogP contribution >= 0.6 is 0 Å². The summed E-state index contributed by atoms with van der Waals surface area (Å²) >= 11 is 0. The molecule has 0 spiro atoms. The Bertz CT molecular complexity index is 385. The van der Waals surface area contributed by atoms with Crippen LogP contribution in [0.25, 0.3) is 0 Å². The summed E-state index contributed by atoms with van der Waals surface area (Å²) in [6.07, 6.45) is 0.851. The second kappa shape index (κ2) is 7.66. The molecule has 18 heavy (non-hydrogen) atoms. The Hall–Kier alpha value is -1.62. The number of amides is 1. The zero-order chi connectivity index (χ0) is 13.4. The number of rotatable bonds is 7. The topological polar surface area (TPSA) is 64.4 Å². The van der Waals surface area contributed by atoms with Crippen LogP contribution < -0.4 is 15.8 Å². The summed E-state index contributed by atoms with van der Waals surface area (Å²) < 4.78 is 18.6. The minimum atomic E-state index is -0.338. The summed E-state index contributed by atoms with van der Waals surface area (Å²) in [5.74, 6) is 0.0308. The maximum Gasteiger partial charge on any atom is 0.221 e. The monoisotopic (exact) mass is 254 g/mol. The van der Waals surface area contributed by atoms with E-state index in [-0.39, 0.29) is 17.8 Å². The number of nitrogens with two attached hydrogens (primary N) is 1. The number of ether oxygens (including phenoxy) is 1. The molecule has 1 aromatic rings. The Morgan fingerprint density at radius 3 is 2.94 bits per heavy atom. The van der Waals surface area contributed by atoms with E-state index < -0.39 is 0 Å². The van der Waals surface area contributed by atoms with Crippen molar-refractivity contribution in [3.63, 3.8) is 0 Å². The first-order chi connectivity index (χ1) is 8.65. The van der Waals surface area contributed by atoms with E-state index in [2.05, 4.69) is 5.32 Å². The van der Waals surface area contributed by atoms with Gasteiger partial charge in [0.25, 0.3) is 0 Å². The van der Waals surface area contributed by atoms with E-state index in [1.54, 1.807) is 12.1 Å². The van der Waals surface area contributed by atoms with E-state index in [1.165, 1.54) is 12.1 Å².